The zero-order valence-electron chi connectivity index (χ0n) is 16.5. The molecule has 0 spiro atoms. The lowest BCUT2D eigenvalue weighted by atomic mass is 10.0. The van der Waals surface area contributed by atoms with Crippen LogP contribution in [0.4, 0.5) is 11.4 Å². The van der Waals surface area contributed by atoms with Gasteiger partial charge in [0.15, 0.2) is 6.61 Å². The van der Waals surface area contributed by atoms with E-state index in [1.165, 1.54) is 5.56 Å². The topological polar surface area (TPSA) is 58.6 Å². The molecular weight excluding hydrogens is 352 g/mol. The third-order valence-corrected chi connectivity index (χ3v) is 5.52. The molecule has 2 aromatic carbocycles. The van der Waals surface area contributed by atoms with Crippen LogP contribution >= 0.6 is 0 Å². The van der Waals surface area contributed by atoms with Crippen LogP contribution in [0.25, 0.3) is 0 Å². The lowest BCUT2D eigenvalue weighted by molar-refractivity contribution is -0.120. The molecule has 146 valence electrons. The molecule has 1 aliphatic heterocycles. The van der Waals surface area contributed by atoms with E-state index in [0.717, 1.165) is 54.7 Å². The third kappa shape index (κ3) is 4.03. The first-order chi connectivity index (χ1) is 13.5. The molecule has 2 amide bonds. The number of rotatable bonds is 5. The largest absolute Gasteiger partial charge is 0.484 e. The maximum atomic E-state index is 12.5. The summed E-state index contributed by atoms with van der Waals surface area (Å²) in [5.74, 6) is 0.963. The molecule has 1 heterocycles. The lowest BCUT2D eigenvalue weighted by Crippen LogP contribution is -2.36. The minimum Gasteiger partial charge on any atom is -0.484 e. The van der Waals surface area contributed by atoms with Gasteiger partial charge in [-0.3, -0.25) is 9.59 Å². The predicted octanol–water partition coefficient (Wildman–Crippen LogP) is 4.01. The number of anilines is 2. The standard InChI is InChI=1S/C23H26N2O3/c1-15-5-9-20(12-16(15)2)28-14-22(26)24-19-8-10-21-18(13-19)4-3-11-25(21)23(27)17-6-7-17/h5,8-10,12-13,17H,3-4,6-7,11,14H2,1-2H3,(H,24,26). The number of carbonyl (C=O) groups excluding carboxylic acids is 2. The molecule has 0 unspecified atom stereocenters. The number of hydrogen-bond acceptors (Lipinski definition) is 3. The Balaban J connectivity index is 1.39. The number of aryl methyl sites for hydroxylation is 3. The molecule has 2 aromatic rings. The normalized spacial score (nSPS) is 15.7. The summed E-state index contributed by atoms with van der Waals surface area (Å²) in [5, 5.41) is 2.90. The van der Waals surface area contributed by atoms with E-state index in [0.29, 0.717) is 5.75 Å². The van der Waals surface area contributed by atoms with E-state index in [1.807, 2.05) is 55.1 Å². The van der Waals surface area contributed by atoms with Crippen LogP contribution in [0, 0.1) is 19.8 Å². The van der Waals surface area contributed by atoms with Gasteiger partial charge in [0.05, 0.1) is 0 Å². The fourth-order valence-electron chi connectivity index (χ4n) is 3.60. The molecule has 1 saturated carbocycles. The molecule has 4 rings (SSSR count). The van der Waals surface area contributed by atoms with Crippen molar-refractivity contribution in [3.8, 4) is 5.75 Å². The van der Waals surface area contributed by atoms with Crippen LogP contribution < -0.4 is 15.0 Å². The molecule has 1 N–H and O–H groups in total. The van der Waals surface area contributed by atoms with Crippen molar-refractivity contribution in [2.75, 3.05) is 23.4 Å². The van der Waals surface area contributed by atoms with Crippen molar-refractivity contribution in [2.24, 2.45) is 5.92 Å². The van der Waals surface area contributed by atoms with Crippen LogP contribution in [0.1, 0.15) is 36.0 Å². The van der Waals surface area contributed by atoms with Crippen molar-refractivity contribution in [1.82, 2.24) is 0 Å². The average molecular weight is 378 g/mol. The van der Waals surface area contributed by atoms with Gasteiger partial charge in [0, 0.05) is 23.8 Å². The summed E-state index contributed by atoms with van der Waals surface area (Å²) in [7, 11) is 0. The SMILES string of the molecule is Cc1ccc(OCC(=O)Nc2ccc3c(c2)CCCN3C(=O)C2CC2)cc1C. The molecule has 1 fully saturated rings. The Labute approximate surface area is 165 Å². The Morgan fingerprint density at radius 2 is 1.93 bits per heavy atom. The summed E-state index contributed by atoms with van der Waals surface area (Å²) < 4.78 is 5.61. The highest BCUT2D eigenvalue weighted by Crippen LogP contribution is 2.36. The van der Waals surface area contributed by atoms with Gasteiger partial charge >= 0.3 is 0 Å². The van der Waals surface area contributed by atoms with Crippen molar-refractivity contribution >= 4 is 23.2 Å². The molecule has 2 aliphatic rings. The summed E-state index contributed by atoms with van der Waals surface area (Å²) >= 11 is 0. The van der Waals surface area contributed by atoms with Crippen molar-refractivity contribution in [3.05, 3.63) is 53.1 Å². The summed E-state index contributed by atoms with van der Waals surface area (Å²) in [6.07, 6.45) is 3.91. The summed E-state index contributed by atoms with van der Waals surface area (Å²) in [6, 6.07) is 11.6. The van der Waals surface area contributed by atoms with E-state index >= 15 is 0 Å². The summed E-state index contributed by atoms with van der Waals surface area (Å²) in [4.78, 5) is 26.7. The fraction of sp³-hybridized carbons (Fsp3) is 0.391. The summed E-state index contributed by atoms with van der Waals surface area (Å²) in [5.41, 5.74) is 5.19. The highest BCUT2D eigenvalue weighted by atomic mass is 16.5. The number of nitrogens with zero attached hydrogens (tertiary/aromatic N) is 1. The van der Waals surface area contributed by atoms with Gasteiger partial charge in [0.1, 0.15) is 5.75 Å². The molecule has 0 radical (unpaired) electrons. The Morgan fingerprint density at radius 3 is 2.68 bits per heavy atom. The second kappa shape index (κ2) is 7.66. The van der Waals surface area contributed by atoms with E-state index in [2.05, 4.69) is 5.32 Å². The molecule has 28 heavy (non-hydrogen) atoms. The van der Waals surface area contributed by atoms with Crippen molar-refractivity contribution in [3.63, 3.8) is 0 Å². The summed E-state index contributed by atoms with van der Waals surface area (Å²) in [6.45, 7) is 4.82. The maximum absolute atomic E-state index is 12.5. The number of carbonyl (C=O) groups is 2. The van der Waals surface area contributed by atoms with Crippen molar-refractivity contribution in [2.45, 2.75) is 39.5 Å². The monoisotopic (exact) mass is 378 g/mol. The fourth-order valence-corrected chi connectivity index (χ4v) is 3.60. The highest BCUT2D eigenvalue weighted by Gasteiger charge is 2.35. The number of ether oxygens (including phenoxy) is 1. The van der Waals surface area contributed by atoms with Crippen LogP contribution in [0.15, 0.2) is 36.4 Å². The maximum Gasteiger partial charge on any atom is 0.262 e. The molecule has 5 heteroatoms. The first-order valence-corrected chi connectivity index (χ1v) is 9.95. The van der Waals surface area contributed by atoms with Crippen LogP contribution in [-0.2, 0) is 16.0 Å². The van der Waals surface area contributed by atoms with Gasteiger partial charge in [-0.1, -0.05) is 6.07 Å². The molecule has 0 aromatic heterocycles. The second-order valence-electron chi connectivity index (χ2n) is 7.79. The van der Waals surface area contributed by atoms with Crippen molar-refractivity contribution in [1.29, 1.82) is 0 Å². The van der Waals surface area contributed by atoms with Gasteiger partial charge in [-0.25, -0.2) is 0 Å². The number of amides is 2. The zero-order valence-corrected chi connectivity index (χ0v) is 16.5. The van der Waals surface area contributed by atoms with E-state index < -0.39 is 0 Å². The molecular formula is C23H26N2O3. The molecule has 0 bridgehead atoms. The minimum absolute atomic E-state index is 0.0358. The first-order valence-electron chi connectivity index (χ1n) is 9.95. The van der Waals surface area contributed by atoms with E-state index in [-0.39, 0.29) is 24.3 Å². The predicted molar refractivity (Wildman–Crippen MR) is 110 cm³/mol. The number of benzene rings is 2. The van der Waals surface area contributed by atoms with Crippen LogP contribution in [0.2, 0.25) is 0 Å². The molecule has 5 nitrogen and oxygen atoms in total. The van der Waals surface area contributed by atoms with Gasteiger partial charge < -0.3 is 15.0 Å². The Morgan fingerprint density at radius 1 is 1.11 bits per heavy atom. The highest BCUT2D eigenvalue weighted by molar-refractivity contribution is 5.98. The third-order valence-electron chi connectivity index (χ3n) is 5.52. The minimum atomic E-state index is -0.195. The molecule has 0 saturated heterocycles. The van der Waals surface area contributed by atoms with E-state index in [1.54, 1.807) is 0 Å². The van der Waals surface area contributed by atoms with Crippen LogP contribution in [-0.4, -0.2) is 25.0 Å². The zero-order chi connectivity index (χ0) is 19.7. The molecule has 1 aliphatic carbocycles. The van der Waals surface area contributed by atoms with E-state index in [4.69, 9.17) is 4.74 Å². The Kier molecular flexibility index (Phi) is 5.07. The number of hydrogen-bond donors (Lipinski definition) is 1. The number of nitrogens with one attached hydrogen (secondary N) is 1. The van der Waals surface area contributed by atoms with Gasteiger partial charge in [-0.2, -0.15) is 0 Å². The van der Waals surface area contributed by atoms with Crippen molar-refractivity contribution < 1.29 is 14.3 Å². The molecule has 0 atom stereocenters. The van der Waals surface area contributed by atoms with Crippen LogP contribution in [0.3, 0.4) is 0 Å². The van der Waals surface area contributed by atoms with Gasteiger partial charge in [0.2, 0.25) is 5.91 Å². The van der Waals surface area contributed by atoms with Gasteiger partial charge in [-0.15, -0.1) is 0 Å². The van der Waals surface area contributed by atoms with Crippen LogP contribution in [0.5, 0.6) is 5.75 Å². The van der Waals surface area contributed by atoms with Gasteiger partial charge in [-0.05, 0) is 86.6 Å². The lowest BCUT2D eigenvalue weighted by Gasteiger charge is -2.30. The quantitative estimate of drug-likeness (QED) is 0.855. The first kappa shape index (κ1) is 18.5. The Bertz CT molecular complexity index is 918. The van der Waals surface area contributed by atoms with Gasteiger partial charge in [0.25, 0.3) is 5.91 Å². The smallest absolute Gasteiger partial charge is 0.262 e. The number of fused-ring (bicyclic) bond motifs is 1. The average Bonchev–Trinajstić information content (AvgIpc) is 3.53. The Hall–Kier alpha value is -2.82. The van der Waals surface area contributed by atoms with E-state index in [9.17, 15) is 9.59 Å². The second-order valence-corrected chi connectivity index (χ2v) is 7.79.